The van der Waals surface area contributed by atoms with E-state index in [1.807, 2.05) is 60.7 Å². The maximum atomic E-state index is 13.0. The monoisotopic (exact) mass is 401 g/mol. The van der Waals surface area contributed by atoms with Crippen LogP contribution < -0.4 is 10.1 Å². The number of rotatable bonds is 7. The van der Waals surface area contributed by atoms with Gasteiger partial charge in [0.15, 0.2) is 5.76 Å². The van der Waals surface area contributed by atoms with Crippen molar-refractivity contribution < 1.29 is 18.7 Å². The first-order valence-corrected chi connectivity index (χ1v) is 9.71. The first-order chi connectivity index (χ1) is 14.7. The van der Waals surface area contributed by atoms with Gasteiger partial charge in [-0.15, -0.1) is 0 Å². The van der Waals surface area contributed by atoms with E-state index in [1.54, 1.807) is 14.2 Å². The molecule has 0 atom stereocenters. The number of carbonyl (C=O) groups excluding carboxylic acids is 1. The third-order valence-corrected chi connectivity index (χ3v) is 4.97. The molecule has 0 unspecified atom stereocenters. The van der Waals surface area contributed by atoms with Gasteiger partial charge in [-0.05, 0) is 29.8 Å². The quantitative estimate of drug-likeness (QED) is 0.448. The molecule has 5 nitrogen and oxygen atoms in total. The molecule has 4 rings (SSSR count). The Bertz CT molecular complexity index is 1160. The molecule has 30 heavy (non-hydrogen) atoms. The summed E-state index contributed by atoms with van der Waals surface area (Å²) in [6.45, 7) is 0.293. The molecule has 0 fully saturated rings. The summed E-state index contributed by atoms with van der Waals surface area (Å²) in [7, 11) is 3.25. The first kappa shape index (κ1) is 19.7. The molecule has 0 spiro atoms. The van der Waals surface area contributed by atoms with E-state index in [9.17, 15) is 4.79 Å². The van der Waals surface area contributed by atoms with Crippen LogP contribution in [-0.4, -0.2) is 20.1 Å². The predicted molar refractivity (Wildman–Crippen MR) is 117 cm³/mol. The first-order valence-electron chi connectivity index (χ1n) is 9.71. The molecule has 0 saturated carbocycles. The maximum absolute atomic E-state index is 13.0. The second-order valence-corrected chi connectivity index (χ2v) is 6.98. The minimum Gasteiger partial charge on any atom is -0.496 e. The Kier molecular flexibility index (Phi) is 5.82. The van der Waals surface area contributed by atoms with Crippen molar-refractivity contribution in [2.75, 3.05) is 19.5 Å². The van der Waals surface area contributed by atoms with E-state index in [0.717, 1.165) is 22.3 Å². The number of carbonyl (C=O) groups is 1. The van der Waals surface area contributed by atoms with E-state index in [4.69, 9.17) is 13.9 Å². The van der Waals surface area contributed by atoms with Gasteiger partial charge in [0.2, 0.25) is 0 Å². The fourth-order valence-corrected chi connectivity index (χ4v) is 3.57. The lowest BCUT2D eigenvalue weighted by atomic mass is 10.0. The summed E-state index contributed by atoms with van der Waals surface area (Å²) < 4.78 is 16.6. The van der Waals surface area contributed by atoms with Gasteiger partial charge >= 0.3 is 0 Å². The standard InChI is InChI=1S/C25H23NO4/c1-28-16-21-20-10-6-7-11-23(20)30-24(21)25(27)26-19-12-13-22(29-2)18(15-19)14-17-8-4-3-5-9-17/h3-13,15H,14,16H2,1-2H3,(H,26,27). The van der Waals surface area contributed by atoms with Crippen LogP contribution >= 0.6 is 0 Å². The van der Waals surface area contributed by atoms with Gasteiger partial charge in [0.05, 0.1) is 13.7 Å². The van der Waals surface area contributed by atoms with Crippen LogP contribution in [0.25, 0.3) is 11.0 Å². The van der Waals surface area contributed by atoms with Crippen LogP contribution in [0.3, 0.4) is 0 Å². The van der Waals surface area contributed by atoms with Crippen molar-refractivity contribution in [3.8, 4) is 5.75 Å². The molecule has 1 amide bonds. The van der Waals surface area contributed by atoms with Crippen LogP contribution in [0.2, 0.25) is 0 Å². The van der Waals surface area contributed by atoms with E-state index in [0.29, 0.717) is 24.3 Å². The number of anilines is 1. The van der Waals surface area contributed by atoms with Crippen LogP contribution in [0.1, 0.15) is 27.2 Å². The van der Waals surface area contributed by atoms with Gasteiger partial charge in [0, 0.05) is 35.7 Å². The van der Waals surface area contributed by atoms with Gasteiger partial charge in [-0.2, -0.15) is 0 Å². The van der Waals surface area contributed by atoms with Crippen molar-refractivity contribution in [1.82, 2.24) is 0 Å². The number of para-hydroxylation sites is 1. The molecule has 0 aliphatic carbocycles. The van der Waals surface area contributed by atoms with Crippen LogP contribution in [0.4, 0.5) is 5.69 Å². The zero-order chi connectivity index (χ0) is 20.9. The van der Waals surface area contributed by atoms with Crippen molar-refractivity contribution in [1.29, 1.82) is 0 Å². The van der Waals surface area contributed by atoms with Gasteiger partial charge in [-0.1, -0.05) is 48.5 Å². The zero-order valence-corrected chi connectivity index (χ0v) is 17.0. The number of fused-ring (bicyclic) bond motifs is 1. The van der Waals surface area contributed by atoms with Gasteiger partial charge in [-0.3, -0.25) is 4.79 Å². The largest absolute Gasteiger partial charge is 0.496 e. The molecule has 1 N–H and O–H groups in total. The van der Waals surface area contributed by atoms with Crippen molar-refractivity contribution in [2.45, 2.75) is 13.0 Å². The number of nitrogens with one attached hydrogen (secondary N) is 1. The van der Waals surface area contributed by atoms with Crippen LogP contribution in [0.5, 0.6) is 5.75 Å². The lowest BCUT2D eigenvalue weighted by Crippen LogP contribution is -2.13. The summed E-state index contributed by atoms with van der Waals surface area (Å²) in [5.41, 5.74) is 4.23. The summed E-state index contributed by atoms with van der Waals surface area (Å²) in [6, 6.07) is 23.3. The smallest absolute Gasteiger partial charge is 0.291 e. The number of methoxy groups -OCH3 is 2. The van der Waals surface area contributed by atoms with Crippen molar-refractivity contribution in [2.24, 2.45) is 0 Å². The molecule has 0 bridgehead atoms. The predicted octanol–water partition coefficient (Wildman–Crippen LogP) is 5.43. The Morgan fingerprint density at radius 1 is 0.967 bits per heavy atom. The van der Waals surface area contributed by atoms with Crippen LogP contribution in [-0.2, 0) is 17.8 Å². The molecule has 5 heteroatoms. The SMILES string of the molecule is COCc1c(C(=O)Nc2ccc(OC)c(Cc3ccccc3)c2)oc2ccccc12. The van der Waals surface area contributed by atoms with Gasteiger partial charge in [0.25, 0.3) is 5.91 Å². The van der Waals surface area contributed by atoms with Gasteiger partial charge in [-0.25, -0.2) is 0 Å². The summed E-state index contributed by atoms with van der Waals surface area (Å²) in [6.07, 6.45) is 0.702. The number of furan rings is 1. The Hall–Kier alpha value is -3.57. The lowest BCUT2D eigenvalue weighted by molar-refractivity contribution is 0.0992. The summed E-state index contributed by atoms with van der Waals surface area (Å²) in [5, 5.41) is 3.83. The zero-order valence-electron chi connectivity index (χ0n) is 17.0. The average molecular weight is 401 g/mol. The highest BCUT2D eigenvalue weighted by atomic mass is 16.5. The third-order valence-electron chi connectivity index (χ3n) is 4.97. The molecular weight excluding hydrogens is 378 g/mol. The Morgan fingerprint density at radius 3 is 2.50 bits per heavy atom. The minimum absolute atomic E-state index is 0.262. The molecule has 3 aromatic carbocycles. The fourth-order valence-electron chi connectivity index (χ4n) is 3.57. The molecule has 152 valence electrons. The highest BCUT2D eigenvalue weighted by Gasteiger charge is 2.21. The minimum atomic E-state index is -0.311. The average Bonchev–Trinajstić information content (AvgIpc) is 3.14. The second-order valence-electron chi connectivity index (χ2n) is 6.98. The summed E-state index contributed by atoms with van der Waals surface area (Å²) in [4.78, 5) is 13.0. The van der Waals surface area contributed by atoms with Crippen LogP contribution in [0.15, 0.2) is 77.2 Å². The summed E-state index contributed by atoms with van der Waals surface area (Å²) >= 11 is 0. The topological polar surface area (TPSA) is 60.7 Å². The number of amides is 1. The van der Waals surface area contributed by atoms with E-state index in [2.05, 4.69) is 17.4 Å². The van der Waals surface area contributed by atoms with E-state index in [-0.39, 0.29) is 11.7 Å². The second kappa shape index (κ2) is 8.84. The van der Waals surface area contributed by atoms with Gasteiger partial charge in [0.1, 0.15) is 11.3 Å². The number of ether oxygens (including phenoxy) is 2. The Morgan fingerprint density at radius 2 is 1.73 bits per heavy atom. The third kappa shape index (κ3) is 4.07. The molecule has 1 heterocycles. The van der Waals surface area contributed by atoms with E-state index >= 15 is 0 Å². The molecular formula is C25H23NO4. The fraction of sp³-hybridized carbons (Fsp3) is 0.160. The summed E-state index contributed by atoms with van der Waals surface area (Å²) in [5.74, 6) is 0.730. The molecule has 1 aromatic heterocycles. The van der Waals surface area contributed by atoms with E-state index < -0.39 is 0 Å². The number of hydrogen-bond donors (Lipinski definition) is 1. The molecule has 0 saturated heterocycles. The highest BCUT2D eigenvalue weighted by molar-refractivity contribution is 6.06. The molecule has 0 aliphatic heterocycles. The number of hydrogen-bond acceptors (Lipinski definition) is 4. The molecule has 0 radical (unpaired) electrons. The highest BCUT2D eigenvalue weighted by Crippen LogP contribution is 2.29. The molecule has 0 aliphatic rings. The maximum Gasteiger partial charge on any atom is 0.291 e. The molecule has 4 aromatic rings. The lowest BCUT2D eigenvalue weighted by Gasteiger charge is -2.12. The van der Waals surface area contributed by atoms with Crippen molar-refractivity contribution in [3.63, 3.8) is 0 Å². The van der Waals surface area contributed by atoms with Gasteiger partial charge < -0.3 is 19.2 Å². The van der Waals surface area contributed by atoms with Crippen molar-refractivity contribution in [3.05, 3.63) is 95.2 Å². The Labute approximate surface area is 175 Å². The Balaban J connectivity index is 1.63. The van der Waals surface area contributed by atoms with Crippen LogP contribution in [0, 0.1) is 0 Å². The normalized spacial score (nSPS) is 10.9. The van der Waals surface area contributed by atoms with E-state index in [1.165, 1.54) is 5.56 Å². The number of benzene rings is 3. The van der Waals surface area contributed by atoms with Crippen molar-refractivity contribution >= 4 is 22.6 Å².